The highest BCUT2D eigenvalue weighted by Crippen LogP contribution is 2.39. The van der Waals surface area contributed by atoms with Crippen molar-refractivity contribution < 1.29 is 14.6 Å². The Morgan fingerprint density at radius 2 is 1.59 bits per heavy atom. The first-order valence-electron chi connectivity index (χ1n) is 9.08. The first kappa shape index (κ1) is 17.6. The molecular weight excluding hydrogens is 342 g/mol. The minimum Gasteiger partial charge on any atom is -0.389 e. The van der Waals surface area contributed by atoms with Crippen molar-refractivity contribution in [1.82, 2.24) is 4.57 Å². The molecule has 1 unspecified atom stereocenters. The zero-order chi connectivity index (χ0) is 19.1. The Balaban J connectivity index is 1.94. The van der Waals surface area contributed by atoms with Gasteiger partial charge in [-0.05, 0) is 19.9 Å². The average molecular weight is 363 g/mol. The van der Waals surface area contributed by atoms with Crippen molar-refractivity contribution in [2.24, 2.45) is 0 Å². The molecule has 5 nitrogen and oxygen atoms in total. The maximum Gasteiger partial charge on any atom is 0.259 e. The first-order valence-corrected chi connectivity index (χ1v) is 9.08. The number of pyridine rings is 1. The molecule has 1 N–H and O–H groups in total. The molecule has 0 fully saturated rings. The van der Waals surface area contributed by atoms with Gasteiger partial charge in [0.2, 0.25) is 0 Å². The SMILES string of the molecule is CC(C)OCC(O)Cn1c2c(c3ccccc3c1=O)C(=O)c1ccccc1-2. The number of nitrogens with zero attached hydrogens (tertiary/aromatic N) is 1. The second-order valence-electron chi connectivity index (χ2n) is 7.10. The summed E-state index contributed by atoms with van der Waals surface area (Å²) in [6, 6.07) is 14.4. The van der Waals surface area contributed by atoms with Crippen LogP contribution in [0, 0.1) is 0 Å². The van der Waals surface area contributed by atoms with E-state index >= 15 is 0 Å². The molecule has 138 valence electrons. The minimum absolute atomic E-state index is 0.0130. The molecule has 1 aliphatic rings. The Kier molecular flexibility index (Phi) is 4.42. The molecule has 0 radical (unpaired) electrons. The van der Waals surface area contributed by atoms with E-state index in [1.54, 1.807) is 18.2 Å². The van der Waals surface area contributed by atoms with Crippen molar-refractivity contribution in [2.45, 2.75) is 32.6 Å². The summed E-state index contributed by atoms with van der Waals surface area (Å²) in [5, 5.41) is 11.6. The van der Waals surface area contributed by atoms with Gasteiger partial charge in [0.1, 0.15) is 0 Å². The Bertz CT molecular complexity index is 1100. The Morgan fingerprint density at radius 1 is 0.963 bits per heavy atom. The van der Waals surface area contributed by atoms with Crippen molar-refractivity contribution in [2.75, 3.05) is 6.61 Å². The van der Waals surface area contributed by atoms with Crippen molar-refractivity contribution in [3.63, 3.8) is 0 Å². The summed E-state index contributed by atoms with van der Waals surface area (Å²) in [5.74, 6) is -0.0847. The number of carbonyl (C=O) groups is 1. The van der Waals surface area contributed by atoms with Crippen LogP contribution in [0.2, 0.25) is 0 Å². The van der Waals surface area contributed by atoms with E-state index in [4.69, 9.17) is 4.74 Å². The van der Waals surface area contributed by atoms with Gasteiger partial charge in [-0.2, -0.15) is 0 Å². The number of hydrogen-bond acceptors (Lipinski definition) is 4. The van der Waals surface area contributed by atoms with Crippen LogP contribution in [0.15, 0.2) is 53.3 Å². The molecule has 1 atom stereocenters. The van der Waals surface area contributed by atoms with Gasteiger partial charge in [-0.1, -0.05) is 42.5 Å². The molecule has 5 heteroatoms. The maximum atomic E-state index is 13.2. The highest BCUT2D eigenvalue weighted by molar-refractivity contribution is 6.26. The maximum absolute atomic E-state index is 13.2. The standard InChI is InChI=1S/C22H21NO4/c1-13(2)27-12-14(24)11-23-20-16-8-4-5-9-17(16)21(25)19(20)15-7-3-6-10-18(15)22(23)26/h3-10,13-14,24H,11-12H2,1-2H3. The third-order valence-corrected chi connectivity index (χ3v) is 4.85. The van der Waals surface area contributed by atoms with Gasteiger partial charge in [0, 0.05) is 21.9 Å². The second-order valence-corrected chi connectivity index (χ2v) is 7.10. The van der Waals surface area contributed by atoms with Crippen LogP contribution in [-0.2, 0) is 11.3 Å². The number of aliphatic hydroxyl groups is 1. The number of benzene rings is 2. The predicted octanol–water partition coefficient (Wildman–Crippen LogP) is 3.00. The highest BCUT2D eigenvalue weighted by Gasteiger charge is 2.32. The fraction of sp³-hybridized carbons (Fsp3) is 0.273. The Hall–Kier alpha value is -2.76. The lowest BCUT2D eigenvalue weighted by atomic mass is 10.0. The number of rotatable bonds is 5. The van der Waals surface area contributed by atoms with Crippen molar-refractivity contribution in [3.05, 3.63) is 70.0 Å². The molecule has 0 saturated carbocycles. The van der Waals surface area contributed by atoms with E-state index in [2.05, 4.69) is 0 Å². The fourth-order valence-electron chi connectivity index (χ4n) is 3.67. The van der Waals surface area contributed by atoms with Gasteiger partial charge in [-0.25, -0.2) is 0 Å². The van der Waals surface area contributed by atoms with Crippen LogP contribution in [0.4, 0.5) is 0 Å². The summed E-state index contributed by atoms with van der Waals surface area (Å²) < 4.78 is 7.00. The van der Waals surface area contributed by atoms with Gasteiger partial charge in [0.05, 0.1) is 36.6 Å². The molecule has 2 aromatic carbocycles. The third kappa shape index (κ3) is 2.89. The van der Waals surface area contributed by atoms with E-state index in [1.807, 2.05) is 44.2 Å². The Labute approximate surface area is 156 Å². The van der Waals surface area contributed by atoms with Crippen LogP contribution in [0.3, 0.4) is 0 Å². The summed E-state index contributed by atoms with van der Waals surface area (Å²) in [5.41, 5.74) is 2.23. The molecule has 0 spiro atoms. The number of aromatic nitrogens is 1. The zero-order valence-corrected chi connectivity index (χ0v) is 15.3. The number of ketones is 1. The molecule has 1 aromatic heterocycles. The van der Waals surface area contributed by atoms with Crippen molar-refractivity contribution in [1.29, 1.82) is 0 Å². The Morgan fingerprint density at radius 3 is 2.30 bits per heavy atom. The average Bonchev–Trinajstić information content (AvgIpc) is 2.97. The molecule has 1 heterocycles. The molecule has 3 aromatic rings. The van der Waals surface area contributed by atoms with E-state index < -0.39 is 6.10 Å². The molecule has 4 rings (SSSR count). The molecule has 1 aliphatic carbocycles. The largest absolute Gasteiger partial charge is 0.389 e. The quantitative estimate of drug-likeness (QED) is 0.592. The number of fused-ring (bicyclic) bond motifs is 5. The number of carbonyl (C=O) groups excluding carboxylic acids is 1. The van der Waals surface area contributed by atoms with Gasteiger partial charge in [0.15, 0.2) is 5.78 Å². The van der Waals surface area contributed by atoms with Crippen LogP contribution >= 0.6 is 0 Å². The lowest BCUT2D eigenvalue weighted by Crippen LogP contribution is -2.31. The normalized spacial score (nSPS) is 13.9. The summed E-state index contributed by atoms with van der Waals surface area (Å²) in [7, 11) is 0. The summed E-state index contributed by atoms with van der Waals surface area (Å²) >= 11 is 0. The topological polar surface area (TPSA) is 68.5 Å². The van der Waals surface area contributed by atoms with Crippen LogP contribution in [0.25, 0.3) is 22.0 Å². The van der Waals surface area contributed by atoms with Crippen LogP contribution in [0.5, 0.6) is 0 Å². The minimum atomic E-state index is -0.849. The molecule has 0 bridgehead atoms. The van der Waals surface area contributed by atoms with Gasteiger partial charge < -0.3 is 14.4 Å². The monoisotopic (exact) mass is 363 g/mol. The lowest BCUT2D eigenvalue weighted by molar-refractivity contribution is -0.000833. The molecule has 27 heavy (non-hydrogen) atoms. The lowest BCUT2D eigenvalue weighted by Gasteiger charge is -2.19. The van der Waals surface area contributed by atoms with Crippen LogP contribution in [-0.4, -0.2) is 34.3 Å². The van der Waals surface area contributed by atoms with E-state index in [9.17, 15) is 14.7 Å². The smallest absolute Gasteiger partial charge is 0.259 e. The molecule has 0 aliphatic heterocycles. The predicted molar refractivity (Wildman–Crippen MR) is 104 cm³/mol. The second kappa shape index (κ2) is 6.76. The first-order chi connectivity index (χ1) is 13.0. The van der Waals surface area contributed by atoms with Gasteiger partial charge >= 0.3 is 0 Å². The van der Waals surface area contributed by atoms with Crippen LogP contribution in [0.1, 0.15) is 29.8 Å². The molecule has 0 saturated heterocycles. The van der Waals surface area contributed by atoms with Crippen molar-refractivity contribution in [3.8, 4) is 11.3 Å². The van der Waals surface area contributed by atoms with E-state index in [-0.39, 0.29) is 30.6 Å². The van der Waals surface area contributed by atoms with E-state index in [0.29, 0.717) is 27.6 Å². The third-order valence-electron chi connectivity index (χ3n) is 4.85. The van der Waals surface area contributed by atoms with Crippen LogP contribution < -0.4 is 5.56 Å². The fourth-order valence-corrected chi connectivity index (χ4v) is 3.67. The van der Waals surface area contributed by atoms with E-state index in [0.717, 1.165) is 5.56 Å². The number of ether oxygens (including phenoxy) is 1. The summed E-state index contributed by atoms with van der Waals surface area (Å²) in [6.07, 6.45) is -0.862. The van der Waals surface area contributed by atoms with Crippen molar-refractivity contribution >= 4 is 16.6 Å². The zero-order valence-electron chi connectivity index (χ0n) is 15.3. The molecular formula is C22H21NO4. The van der Waals surface area contributed by atoms with Gasteiger partial charge in [-0.3, -0.25) is 9.59 Å². The van der Waals surface area contributed by atoms with Gasteiger partial charge in [-0.15, -0.1) is 0 Å². The summed E-state index contributed by atoms with van der Waals surface area (Å²) in [6.45, 7) is 3.98. The number of hydrogen-bond donors (Lipinski definition) is 1. The number of aliphatic hydroxyl groups excluding tert-OH is 1. The highest BCUT2D eigenvalue weighted by atomic mass is 16.5. The van der Waals surface area contributed by atoms with E-state index in [1.165, 1.54) is 4.57 Å². The van der Waals surface area contributed by atoms with Gasteiger partial charge in [0.25, 0.3) is 5.56 Å². The molecule has 0 amide bonds. The summed E-state index contributed by atoms with van der Waals surface area (Å²) in [4.78, 5) is 26.2.